The van der Waals surface area contributed by atoms with Crippen molar-refractivity contribution in [3.63, 3.8) is 0 Å². The molecule has 53 heavy (non-hydrogen) atoms. The Kier molecular flexibility index (Phi) is 11.4. The van der Waals surface area contributed by atoms with Gasteiger partial charge in [0.25, 0.3) is 0 Å². The van der Waals surface area contributed by atoms with Crippen molar-refractivity contribution in [3.8, 4) is 23.0 Å². The number of methoxy groups -OCH3 is 2. The Labute approximate surface area is 307 Å². The standard InChI is InChI=1S/C44H35O8P/c1-49-41-29-35(23-25-37(41)43(45)39(33-19-11-5-12-20-33)27-31-15-7-3-8-16-31)51-53(47,48)52-36-24-26-38(42(30-36)50-2)44(46)40(34-21-13-6-14-22-34)28-32-17-9-4-10-18-32/h3-30H,1-2H3,(H,47,48). The summed E-state index contributed by atoms with van der Waals surface area (Å²) in [4.78, 5) is 38.7. The highest BCUT2D eigenvalue weighted by Gasteiger charge is 2.28. The van der Waals surface area contributed by atoms with Crippen molar-refractivity contribution in [1.82, 2.24) is 0 Å². The zero-order chi connectivity index (χ0) is 37.2. The van der Waals surface area contributed by atoms with Gasteiger partial charge in [0.15, 0.2) is 11.6 Å². The second kappa shape index (κ2) is 16.7. The summed E-state index contributed by atoms with van der Waals surface area (Å²) in [7, 11) is -2.02. The van der Waals surface area contributed by atoms with Crippen molar-refractivity contribution >= 4 is 42.7 Å². The lowest BCUT2D eigenvalue weighted by atomic mass is 9.94. The molecule has 0 heterocycles. The lowest BCUT2D eigenvalue weighted by Gasteiger charge is -2.17. The minimum Gasteiger partial charge on any atom is -0.496 e. The Morgan fingerprint density at radius 1 is 0.509 bits per heavy atom. The number of hydrogen-bond donors (Lipinski definition) is 1. The number of rotatable bonds is 14. The van der Waals surface area contributed by atoms with Gasteiger partial charge in [-0.3, -0.25) is 14.5 Å². The third kappa shape index (κ3) is 9.07. The van der Waals surface area contributed by atoms with Gasteiger partial charge in [0, 0.05) is 23.3 Å². The molecule has 0 spiro atoms. The van der Waals surface area contributed by atoms with Crippen LogP contribution in [0.5, 0.6) is 23.0 Å². The first-order valence-corrected chi connectivity index (χ1v) is 18.1. The molecule has 0 atom stereocenters. The molecule has 0 aromatic heterocycles. The fourth-order valence-electron chi connectivity index (χ4n) is 5.63. The maximum Gasteiger partial charge on any atom is 0.584 e. The molecule has 0 radical (unpaired) electrons. The van der Waals surface area contributed by atoms with Crippen molar-refractivity contribution in [2.45, 2.75) is 0 Å². The number of carbonyl (C=O) groups is 2. The van der Waals surface area contributed by atoms with Crippen LogP contribution in [0.3, 0.4) is 0 Å². The average Bonchev–Trinajstić information content (AvgIpc) is 3.19. The molecule has 6 aromatic rings. The van der Waals surface area contributed by atoms with Crippen LogP contribution in [0.25, 0.3) is 23.3 Å². The van der Waals surface area contributed by atoms with Gasteiger partial charge >= 0.3 is 7.82 Å². The minimum absolute atomic E-state index is 0.0742. The van der Waals surface area contributed by atoms with Crippen LogP contribution >= 0.6 is 7.82 Å². The molecular formula is C44H35O8P. The summed E-state index contributed by atoms with van der Waals surface area (Å²) >= 11 is 0. The summed E-state index contributed by atoms with van der Waals surface area (Å²) in [6.07, 6.45) is 3.60. The summed E-state index contributed by atoms with van der Waals surface area (Å²) in [6, 6.07) is 45.8. The number of carbonyl (C=O) groups excluding carboxylic acids is 2. The second-order valence-corrected chi connectivity index (χ2v) is 13.0. The van der Waals surface area contributed by atoms with E-state index in [9.17, 15) is 19.0 Å². The van der Waals surface area contributed by atoms with E-state index in [1.807, 2.05) is 121 Å². The number of Topliss-reactive ketones (excluding diaryl/α,β-unsaturated/α-hetero) is 2. The SMILES string of the molecule is COc1cc(OP(=O)(O)Oc2ccc(C(=O)C(=Cc3ccccc3)c3ccccc3)c(OC)c2)ccc1C(=O)C(=Cc1ccccc1)c1ccccc1. The van der Waals surface area contributed by atoms with E-state index >= 15 is 0 Å². The predicted octanol–water partition coefficient (Wildman–Crippen LogP) is 10.1. The van der Waals surface area contributed by atoms with Gasteiger partial charge in [-0.05, 0) is 58.7 Å². The fourth-order valence-corrected chi connectivity index (χ4v) is 6.43. The Morgan fingerprint density at radius 3 is 1.19 bits per heavy atom. The predicted molar refractivity (Wildman–Crippen MR) is 207 cm³/mol. The molecule has 264 valence electrons. The van der Waals surface area contributed by atoms with Crippen molar-refractivity contribution in [2.75, 3.05) is 14.2 Å². The Morgan fingerprint density at radius 2 is 0.849 bits per heavy atom. The van der Waals surface area contributed by atoms with Crippen LogP contribution in [0, 0.1) is 0 Å². The number of phosphoric ester groups is 1. The summed E-state index contributed by atoms with van der Waals surface area (Å²) in [5.74, 6) is -0.524. The van der Waals surface area contributed by atoms with Gasteiger partial charge in [0.05, 0.1) is 25.3 Å². The van der Waals surface area contributed by atoms with Crippen LogP contribution in [0.1, 0.15) is 43.0 Å². The number of allylic oxidation sites excluding steroid dienone is 2. The van der Waals surface area contributed by atoms with Crippen molar-refractivity contribution in [2.24, 2.45) is 0 Å². The van der Waals surface area contributed by atoms with E-state index < -0.39 is 7.82 Å². The van der Waals surface area contributed by atoms with E-state index in [-0.39, 0.29) is 45.7 Å². The summed E-state index contributed by atoms with van der Waals surface area (Å²) < 4.78 is 35.1. The van der Waals surface area contributed by atoms with Gasteiger partial charge in [-0.1, -0.05) is 121 Å². The van der Waals surface area contributed by atoms with Crippen LogP contribution in [-0.2, 0) is 4.57 Å². The maximum absolute atomic E-state index is 14.0. The number of ether oxygens (including phenoxy) is 2. The number of hydrogen-bond acceptors (Lipinski definition) is 7. The van der Waals surface area contributed by atoms with Crippen LogP contribution in [-0.4, -0.2) is 30.7 Å². The molecule has 0 aliphatic heterocycles. The molecule has 0 aliphatic carbocycles. The van der Waals surface area contributed by atoms with E-state index in [1.54, 1.807) is 12.2 Å². The summed E-state index contributed by atoms with van der Waals surface area (Å²) in [5, 5.41) is 0. The normalized spacial score (nSPS) is 12.7. The first-order chi connectivity index (χ1) is 25.7. The van der Waals surface area contributed by atoms with E-state index in [0.717, 1.165) is 11.1 Å². The van der Waals surface area contributed by atoms with E-state index in [1.165, 1.54) is 50.6 Å². The topological polar surface area (TPSA) is 108 Å². The highest BCUT2D eigenvalue weighted by molar-refractivity contribution is 7.48. The van der Waals surface area contributed by atoms with Gasteiger partial charge in [0.1, 0.15) is 23.0 Å². The largest absolute Gasteiger partial charge is 0.584 e. The molecule has 1 N–H and O–H groups in total. The fraction of sp³-hybridized carbons (Fsp3) is 0.0455. The summed E-state index contributed by atoms with van der Waals surface area (Å²) in [5.41, 5.74) is 4.41. The molecule has 6 aromatic carbocycles. The molecular weight excluding hydrogens is 687 g/mol. The zero-order valence-corrected chi connectivity index (χ0v) is 29.8. The highest BCUT2D eigenvalue weighted by Crippen LogP contribution is 2.46. The molecule has 0 amide bonds. The lowest BCUT2D eigenvalue weighted by molar-refractivity contribution is 0.104. The Hall–Kier alpha value is -6.47. The van der Waals surface area contributed by atoms with Crippen LogP contribution in [0.15, 0.2) is 158 Å². The van der Waals surface area contributed by atoms with Crippen molar-refractivity contribution in [1.29, 1.82) is 0 Å². The lowest BCUT2D eigenvalue weighted by Crippen LogP contribution is -2.07. The first-order valence-electron chi connectivity index (χ1n) is 16.6. The molecule has 6 rings (SSSR count). The molecule has 0 fully saturated rings. The smallest absolute Gasteiger partial charge is 0.496 e. The molecule has 9 heteroatoms. The van der Waals surface area contributed by atoms with Gasteiger partial charge in [0.2, 0.25) is 0 Å². The van der Waals surface area contributed by atoms with E-state index in [4.69, 9.17) is 18.5 Å². The zero-order valence-electron chi connectivity index (χ0n) is 28.9. The molecule has 0 bridgehead atoms. The molecule has 0 saturated heterocycles. The van der Waals surface area contributed by atoms with Crippen LogP contribution < -0.4 is 18.5 Å². The summed E-state index contributed by atoms with van der Waals surface area (Å²) in [6.45, 7) is 0. The van der Waals surface area contributed by atoms with Gasteiger partial charge in [-0.15, -0.1) is 0 Å². The molecule has 0 aliphatic rings. The average molecular weight is 723 g/mol. The van der Waals surface area contributed by atoms with E-state index in [2.05, 4.69) is 0 Å². The number of phosphoric acid groups is 1. The molecule has 0 saturated carbocycles. The van der Waals surface area contributed by atoms with Crippen LogP contribution in [0.2, 0.25) is 0 Å². The van der Waals surface area contributed by atoms with Crippen molar-refractivity contribution in [3.05, 3.63) is 191 Å². The van der Waals surface area contributed by atoms with Gasteiger partial charge < -0.3 is 18.5 Å². The van der Waals surface area contributed by atoms with Crippen molar-refractivity contribution < 1.29 is 37.6 Å². The van der Waals surface area contributed by atoms with Crippen LogP contribution in [0.4, 0.5) is 0 Å². The van der Waals surface area contributed by atoms with E-state index in [0.29, 0.717) is 22.3 Å². The molecule has 8 nitrogen and oxygen atoms in total. The minimum atomic E-state index is -4.80. The Balaban J connectivity index is 1.23. The second-order valence-electron chi connectivity index (χ2n) is 11.7. The monoisotopic (exact) mass is 722 g/mol. The highest BCUT2D eigenvalue weighted by atomic mass is 31.2. The quantitative estimate of drug-likeness (QED) is 0.0512. The molecule has 0 unspecified atom stereocenters. The number of benzene rings is 6. The Bertz CT molecular complexity index is 2160. The number of ketones is 2. The third-order valence-corrected chi connectivity index (χ3v) is 9.04. The first kappa shape index (κ1) is 36.3. The maximum atomic E-state index is 14.0. The third-order valence-electron chi connectivity index (χ3n) is 8.16. The van der Waals surface area contributed by atoms with Gasteiger partial charge in [-0.2, -0.15) is 0 Å². The van der Waals surface area contributed by atoms with Gasteiger partial charge in [-0.25, -0.2) is 4.57 Å².